The van der Waals surface area contributed by atoms with Crippen LogP contribution in [-0.2, 0) is 4.79 Å². The Kier molecular flexibility index (Phi) is 3.40. The third-order valence-corrected chi connectivity index (χ3v) is 2.56. The Hall–Kier alpha value is -2.05. The van der Waals surface area contributed by atoms with Crippen molar-refractivity contribution in [3.8, 4) is 0 Å². The molecule has 0 atom stereocenters. The van der Waals surface area contributed by atoms with Crippen LogP contribution in [0.25, 0.3) is 0 Å². The fourth-order valence-electron chi connectivity index (χ4n) is 1.21. The van der Waals surface area contributed by atoms with Gasteiger partial charge in [0, 0.05) is 12.2 Å². The summed E-state index contributed by atoms with van der Waals surface area (Å²) >= 11 is 0. The molecule has 0 saturated heterocycles. The number of aryl methyl sites for hydroxylation is 1. The number of nitrogen functional groups attached to an aromatic ring is 1. The summed E-state index contributed by atoms with van der Waals surface area (Å²) in [6.07, 6.45) is 0. The molecule has 0 aromatic carbocycles. The lowest BCUT2D eigenvalue weighted by atomic mass is 9.92. The minimum absolute atomic E-state index is 0.136. The zero-order valence-electron chi connectivity index (χ0n) is 10.1. The fourth-order valence-corrected chi connectivity index (χ4v) is 1.21. The number of hydrogen-bond donors (Lipinski definition) is 4. The summed E-state index contributed by atoms with van der Waals surface area (Å²) < 4.78 is 0. The van der Waals surface area contributed by atoms with E-state index in [0.717, 1.165) is 0 Å². The van der Waals surface area contributed by atoms with Gasteiger partial charge in [0.1, 0.15) is 5.56 Å². The molecule has 7 heteroatoms. The molecule has 7 nitrogen and oxygen atoms in total. The molecule has 17 heavy (non-hydrogen) atoms. The van der Waals surface area contributed by atoms with E-state index >= 15 is 0 Å². The fraction of sp³-hybridized carbons (Fsp3) is 0.500. The van der Waals surface area contributed by atoms with Crippen molar-refractivity contribution in [2.75, 3.05) is 12.3 Å². The Bertz CT molecular complexity index is 430. The molecule has 0 bridgehead atoms. The number of nitrogens with zero attached hydrogens (tertiary/aromatic N) is 1. The number of H-pyrrole nitrogens is 1. The maximum atomic E-state index is 11.8. The number of nitrogens with two attached hydrogens (primary N) is 2. The van der Waals surface area contributed by atoms with Gasteiger partial charge in [0.15, 0.2) is 5.82 Å². The van der Waals surface area contributed by atoms with Gasteiger partial charge in [0.2, 0.25) is 5.91 Å². The average Bonchev–Trinajstić information content (AvgIpc) is 2.55. The number of carbonyl (C=O) groups is 2. The van der Waals surface area contributed by atoms with Crippen molar-refractivity contribution >= 4 is 17.6 Å². The summed E-state index contributed by atoms with van der Waals surface area (Å²) in [5.41, 5.74) is 10.8. The maximum absolute atomic E-state index is 11.8. The van der Waals surface area contributed by atoms with Gasteiger partial charge in [-0.25, -0.2) is 0 Å². The van der Waals surface area contributed by atoms with Crippen LogP contribution in [0.5, 0.6) is 0 Å². The lowest BCUT2D eigenvalue weighted by Gasteiger charge is -2.20. The molecule has 1 aromatic rings. The number of aromatic amines is 1. The van der Waals surface area contributed by atoms with E-state index in [1.807, 2.05) is 0 Å². The van der Waals surface area contributed by atoms with Gasteiger partial charge in [-0.1, -0.05) is 0 Å². The van der Waals surface area contributed by atoms with E-state index in [4.69, 9.17) is 11.5 Å². The molecule has 1 rings (SSSR count). The summed E-state index contributed by atoms with van der Waals surface area (Å²) in [5.74, 6) is -0.713. The molecule has 0 fully saturated rings. The first-order valence-corrected chi connectivity index (χ1v) is 5.14. The Morgan fingerprint density at radius 2 is 2.06 bits per heavy atom. The second-order valence-corrected chi connectivity index (χ2v) is 4.54. The van der Waals surface area contributed by atoms with Gasteiger partial charge in [0.05, 0.1) is 5.41 Å². The number of hydrogen-bond acceptors (Lipinski definition) is 4. The van der Waals surface area contributed by atoms with Crippen molar-refractivity contribution in [2.24, 2.45) is 11.1 Å². The SMILES string of the molecule is Cc1[nH]nc(N)c1C(=O)NCC(C)(C)C(N)=O. The van der Waals surface area contributed by atoms with E-state index < -0.39 is 11.3 Å². The van der Waals surface area contributed by atoms with Crippen LogP contribution in [0, 0.1) is 12.3 Å². The first-order valence-electron chi connectivity index (χ1n) is 5.14. The third-order valence-electron chi connectivity index (χ3n) is 2.56. The molecule has 0 unspecified atom stereocenters. The molecule has 1 heterocycles. The Morgan fingerprint density at radius 1 is 1.47 bits per heavy atom. The molecule has 6 N–H and O–H groups in total. The number of primary amides is 1. The smallest absolute Gasteiger partial charge is 0.256 e. The molecule has 0 spiro atoms. The summed E-state index contributed by atoms with van der Waals surface area (Å²) in [7, 11) is 0. The number of carbonyl (C=O) groups excluding carboxylic acids is 2. The van der Waals surface area contributed by atoms with Crippen LogP contribution in [0.3, 0.4) is 0 Å². The van der Waals surface area contributed by atoms with Gasteiger partial charge in [-0.15, -0.1) is 0 Å². The van der Waals surface area contributed by atoms with Gasteiger partial charge < -0.3 is 16.8 Å². The minimum Gasteiger partial charge on any atom is -0.382 e. The summed E-state index contributed by atoms with van der Waals surface area (Å²) in [6, 6.07) is 0. The number of amides is 2. The lowest BCUT2D eigenvalue weighted by Crippen LogP contribution is -2.42. The minimum atomic E-state index is -0.804. The molecule has 0 aliphatic heterocycles. The van der Waals surface area contributed by atoms with Crippen LogP contribution in [0.1, 0.15) is 29.9 Å². The highest BCUT2D eigenvalue weighted by molar-refractivity contribution is 5.99. The standard InChI is InChI=1S/C10H17N5O2/c1-5-6(7(11)15-14-5)8(16)13-4-10(2,3)9(12)17/h4H2,1-3H3,(H2,12,17)(H,13,16)(H3,11,14,15). The Balaban J connectivity index is 2.72. The molecule has 2 amide bonds. The first-order chi connectivity index (χ1) is 7.75. The van der Waals surface area contributed by atoms with Crippen molar-refractivity contribution < 1.29 is 9.59 Å². The third kappa shape index (κ3) is 2.74. The van der Waals surface area contributed by atoms with Gasteiger partial charge in [-0.2, -0.15) is 5.10 Å². The predicted molar refractivity (Wildman–Crippen MR) is 63.0 cm³/mol. The van der Waals surface area contributed by atoms with Crippen molar-refractivity contribution in [3.05, 3.63) is 11.3 Å². The van der Waals surface area contributed by atoms with Crippen LogP contribution in [0.2, 0.25) is 0 Å². The highest BCUT2D eigenvalue weighted by atomic mass is 16.2. The molecular weight excluding hydrogens is 222 g/mol. The van der Waals surface area contributed by atoms with Gasteiger partial charge in [-0.3, -0.25) is 14.7 Å². The van der Waals surface area contributed by atoms with Crippen LogP contribution < -0.4 is 16.8 Å². The molecule has 1 aromatic heterocycles. The molecule has 94 valence electrons. The normalized spacial score (nSPS) is 11.2. The largest absolute Gasteiger partial charge is 0.382 e. The number of nitrogens with one attached hydrogen (secondary N) is 2. The maximum Gasteiger partial charge on any atom is 0.256 e. The first kappa shape index (κ1) is 13.0. The van der Waals surface area contributed by atoms with Gasteiger partial charge >= 0.3 is 0 Å². The summed E-state index contributed by atoms with van der Waals surface area (Å²) in [4.78, 5) is 22.9. The predicted octanol–water partition coefficient (Wildman–Crippen LogP) is -0.458. The number of anilines is 1. The second kappa shape index (κ2) is 4.44. The van der Waals surface area contributed by atoms with Crippen molar-refractivity contribution in [1.82, 2.24) is 15.5 Å². The number of aromatic nitrogens is 2. The molecular formula is C10H17N5O2. The summed E-state index contributed by atoms with van der Waals surface area (Å²) in [5, 5.41) is 8.94. The van der Waals surface area contributed by atoms with E-state index in [-0.39, 0.29) is 18.3 Å². The van der Waals surface area contributed by atoms with E-state index in [0.29, 0.717) is 11.3 Å². The highest BCUT2D eigenvalue weighted by Gasteiger charge is 2.26. The molecule has 0 aliphatic rings. The Morgan fingerprint density at radius 3 is 2.47 bits per heavy atom. The van der Waals surface area contributed by atoms with Crippen LogP contribution in [0.4, 0.5) is 5.82 Å². The van der Waals surface area contributed by atoms with Gasteiger partial charge in [0.25, 0.3) is 5.91 Å². The van der Waals surface area contributed by atoms with Crippen molar-refractivity contribution in [3.63, 3.8) is 0 Å². The highest BCUT2D eigenvalue weighted by Crippen LogP contribution is 2.15. The Labute approximate surface area is 98.9 Å². The van der Waals surface area contributed by atoms with Crippen LogP contribution in [-0.4, -0.2) is 28.6 Å². The van der Waals surface area contributed by atoms with Gasteiger partial charge in [-0.05, 0) is 20.8 Å². The summed E-state index contributed by atoms with van der Waals surface area (Å²) in [6.45, 7) is 5.14. The topological polar surface area (TPSA) is 127 Å². The van der Waals surface area contributed by atoms with E-state index in [1.165, 1.54) is 0 Å². The number of rotatable bonds is 4. The zero-order valence-corrected chi connectivity index (χ0v) is 10.1. The monoisotopic (exact) mass is 239 g/mol. The lowest BCUT2D eigenvalue weighted by molar-refractivity contribution is -0.125. The zero-order chi connectivity index (χ0) is 13.2. The van der Waals surface area contributed by atoms with E-state index in [2.05, 4.69) is 15.5 Å². The van der Waals surface area contributed by atoms with E-state index in [9.17, 15) is 9.59 Å². The average molecular weight is 239 g/mol. The quantitative estimate of drug-likeness (QED) is 0.567. The van der Waals surface area contributed by atoms with Crippen LogP contribution in [0.15, 0.2) is 0 Å². The second-order valence-electron chi connectivity index (χ2n) is 4.54. The van der Waals surface area contributed by atoms with Crippen LogP contribution >= 0.6 is 0 Å². The molecule has 0 radical (unpaired) electrons. The van der Waals surface area contributed by atoms with Crippen molar-refractivity contribution in [2.45, 2.75) is 20.8 Å². The van der Waals surface area contributed by atoms with Crippen molar-refractivity contribution in [1.29, 1.82) is 0 Å². The molecule has 0 aliphatic carbocycles. The van der Waals surface area contributed by atoms with E-state index in [1.54, 1.807) is 20.8 Å². The molecule has 0 saturated carbocycles.